The standard InChI is InChI=1S/C20H41N5O.C2H6.H2/c1-17(2)25(18(3)4)14-9-22-20(26)16-23-10-5-19(6-11-23)15-24-12-7-21-8-13-24;1-2;/h17-19,21H,5-16H2,1-4H3,(H,22,26);1-2H3;1H. The molecule has 0 unspecified atom stereocenters. The second kappa shape index (κ2) is 14.3. The summed E-state index contributed by atoms with van der Waals surface area (Å²) in [7, 11) is 0. The van der Waals surface area contributed by atoms with Crippen molar-refractivity contribution in [2.75, 3.05) is 65.4 Å². The van der Waals surface area contributed by atoms with Crippen LogP contribution in [-0.4, -0.2) is 98.1 Å². The van der Waals surface area contributed by atoms with Crippen LogP contribution < -0.4 is 10.6 Å². The minimum absolute atomic E-state index is 0. The maximum absolute atomic E-state index is 12.2. The fourth-order valence-electron chi connectivity index (χ4n) is 4.28. The average molecular weight is 400 g/mol. The SMILES string of the molecule is CC.CC(C)N(CCNC(=O)CN1CCC(CN2CCNCC2)CC1)C(C)C.[HH]. The van der Waals surface area contributed by atoms with Gasteiger partial charge in [0, 0.05) is 59.3 Å². The van der Waals surface area contributed by atoms with Crippen LogP contribution in [-0.2, 0) is 4.79 Å². The first-order valence-corrected chi connectivity index (χ1v) is 11.6. The first-order chi connectivity index (χ1) is 13.5. The number of piperazine rings is 1. The molecule has 0 aromatic rings. The van der Waals surface area contributed by atoms with Gasteiger partial charge in [0.2, 0.25) is 5.91 Å². The molecule has 0 spiro atoms. The lowest BCUT2D eigenvalue weighted by atomic mass is 9.96. The number of hydrogen-bond acceptors (Lipinski definition) is 5. The summed E-state index contributed by atoms with van der Waals surface area (Å²) in [6.45, 7) is 23.1. The van der Waals surface area contributed by atoms with E-state index < -0.39 is 0 Å². The number of carbonyl (C=O) groups excluding carboxylic acids is 1. The average Bonchev–Trinajstić information content (AvgIpc) is 2.68. The molecule has 2 fully saturated rings. The Hall–Kier alpha value is -0.690. The summed E-state index contributed by atoms with van der Waals surface area (Å²) in [5.74, 6) is 0.982. The van der Waals surface area contributed by atoms with Gasteiger partial charge in [-0.1, -0.05) is 13.8 Å². The number of nitrogens with one attached hydrogen (secondary N) is 2. The van der Waals surface area contributed by atoms with Crippen LogP contribution >= 0.6 is 0 Å². The van der Waals surface area contributed by atoms with Gasteiger partial charge in [0.25, 0.3) is 0 Å². The number of piperidine rings is 1. The molecule has 0 bridgehead atoms. The van der Waals surface area contributed by atoms with E-state index in [-0.39, 0.29) is 7.33 Å². The molecular formula is C22H49N5O. The zero-order valence-electron chi connectivity index (χ0n) is 19.5. The molecule has 2 aliphatic rings. The van der Waals surface area contributed by atoms with Crippen LogP contribution in [0.5, 0.6) is 0 Å². The number of amides is 1. The molecule has 0 aromatic carbocycles. The van der Waals surface area contributed by atoms with E-state index in [1.165, 1.54) is 32.5 Å². The smallest absolute Gasteiger partial charge is 0.234 e. The predicted molar refractivity (Wildman–Crippen MR) is 122 cm³/mol. The molecule has 2 heterocycles. The lowest BCUT2D eigenvalue weighted by molar-refractivity contribution is -0.122. The molecule has 6 nitrogen and oxygen atoms in total. The third-order valence-electron chi connectivity index (χ3n) is 5.82. The molecule has 6 heteroatoms. The van der Waals surface area contributed by atoms with E-state index in [0.717, 1.165) is 45.2 Å². The normalized spacial score (nSPS) is 19.8. The first-order valence-electron chi connectivity index (χ1n) is 11.6. The van der Waals surface area contributed by atoms with Crippen molar-refractivity contribution in [1.82, 2.24) is 25.3 Å². The first kappa shape index (κ1) is 25.3. The quantitative estimate of drug-likeness (QED) is 0.622. The van der Waals surface area contributed by atoms with Crippen molar-refractivity contribution in [3.63, 3.8) is 0 Å². The lowest BCUT2D eigenvalue weighted by Gasteiger charge is -2.36. The van der Waals surface area contributed by atoms with Gasteiger partial charge in [0.05, 0.1) is 6.54 Å². The van der Waals surface area contributed by atoms with Gasteiger partial charge in [-0.2, -0.15) is 0 Å². The van der Waals surface area contributed by atoms with Gasteiger partial charge in [-0.15, -0.1) is 0 Å². The second-order valence-electron chi connectivity index (χ2n) is 8.55. The zero-order valence-corrected chi connectivity index (χ0v) is 19.5. The molecule has 0 aromatic heterocycles. The van der Waals surface area contributed by atoms with E-state index in [1.54, 1.807) is 0 Å². The summed E-state index contributed by atoms with van der Waals surface area (Å²) in [5.41, 5.74) is 0. The Morgan fingerprint density at radius 1 is 1.04 bits per heavy atom. The van der Waals surface area contributed by atoms with Crippen LogP contribution in [0.25, 0.3) is 0 Å². The summed E-state index contributed by atoms with van der Waals surface area (Å²) in [4.78, 5) is 19.6. The van der Waals surface area contributed by atoms with E-state index in [1.807, 2.05) is 13.8 Å². The molecule has 2 saturated heterocycles. The van der Waals surface area contributed by atoms with Crippen molar-refractivity contribution in [3.05, 3.63) is 0 Å². The van der Waals surface area contributed by atoms with Gasteiger partial charge >= 0.3 is 0 Å². The molecule has 28 heavy (non-hydrogen) atoms. The Bertz CT molecular complexity index is 400. The zero-order chi connectivity index (χ0) is 20.9. The highest BCUT2D eigenvalue weighted by atomic mass is 16.2. The fraction of sp³-hybridized carbons (Fsp3) is 0.955. The molecule has 2 N–H and O–H groups in total. The molecule has 2 rings (SSSR count). The Balaban J connectivity index is 0.00000253. The van der Waals surface area contributed by atoms with E-state index >= 15 is 0 Å². The van der Waals surface area contributed by atoms with Gasteiger partial charge in [-0.25, -0.2) is 0 Å². The second-order valence-corrected chi connectivity index (χ2v) is 8.55. The Labute approximate surface area is 175 Å². The predicted octanol–water partition coefficient (Wildman–Crippen LogP) is 2.11. The number of rotatable bonds is 9. The maximum Gasteiger partial charge on any atom is 0.234 e. The van der Waals surface area contributed by atoms with Crippen LogP contribution in [0.3, 0.4) is 0 Å². The molecule has 0 radical (unpaired) electrons. The topological polar surface area (TPSA) is 50.9 Å². The molecule has 0 saturated carbocycles. The van der Waals surface area contributed by atoms with Crippen LogP contribution in [0.2, 0.25) is 0 Å². The van der Waals surface area contributed by atoms with Gasteiger partial charge in [0.1, 0.15) is 0 Å². The molecule has 1 amide bonds. The minimum Gasteiger partial charge on any atom is -0.354 e. The van der Waals surface area contributed by atoms with Crippen LogP contribution in [0.15, 0.2) is 0 Å². The van der Waals surface area contributed by atoms with E-state index in [9.17, 15) is 4.79 Å². The highest BCUT2D eigenvalue weighted by molar-refractivity contribution is 5.78. The van der Waals surface area contributed by atoms with Crippen molar-refractivity contribution in [2.45, 2.75) is 66.5 Å². The summed E-state index contributed by atoms with van der Waals surface area (Å²) in [6, 6.07) is 1.03. The summed E-state index contributed by atoms with van der Waals surface area (Å²) >= 11 is 0. The van der Waals surface area contributed by atoms with E-state index in [2.05, 4.69) is 53.0 Å². The van der Waals surface area contributed by atoms with Crippen molar-refractivity contribution in [3.8, 4) is 0 Å². The van der Waals surface area contributed by atoms with Crippen LogP contribution in [0.4, 0.5) is 0 Å². The maximum atomic E-state index is 12.2. The van der Waals surface area contributed by atoms with Gasteiger partial charge in [0.15, 0.2) is 0 Å². The summed E-state index contributed by atoms with van der Waals surface area (Å²) < 4.78 is 0. The van der Waals surface area contributed by atoms with Crippen molar-refractivity contribution in [2.24, 2.45) is 5.92 Å². The van der Waals surface area contributed by atoms with Gasteiger partial charge in [-0.05, 0) is 59.5 Å². The van der Waals surface area contributed by atoms with E-state index in [0.29, 0.717) is 18.6 Å². The molecule has 0 aliphatic carbocycles. The molecule has 168 valence electrons. The summed E-state index contributed by atoms with van der Waals surface area (Å²) in [6.07, 6.45) is 2.46. The van der Waals surface area contributed by atoms with Gasteiger partial charge in [-0.3, -0.25) is 14.6 Å². The van der Waals surface area contributed by atoms with Crippen molar-refractivity contribution in [1.29, 1.82) is 0 Å². The number of carbonyl (C=O) groups is 1. The highest BCUT2D eigenvalue weighted by Crippen LogP contribution is 2.18. The number of nitrogens with zero attached hydrogens (tertiary/aromatic N) is 3. The minimum atomic E-state index is 0. The number of hydrogen-bond donors (Lipinski definition) is 2. The Kier molecular flexibility index (Phi) is 13.0. The van der Waals surface area contributed by atoms with Crippen LogP contribution in [0.1, 0.15) is 55.8 Å². The highest BCUT2D eigenvalue weighted by Gasteiger charge is 2.23. The number of likely N-dealkylation sites (tertiary alicyclic amines) is 1. The third kappa shape index (κ3) is 9.68. The largest absolute Gasteiger partial charge is 0.354 e. The van der Waals surface area contributed by atoms with Gasteiger partial charge < -0.3 is 15.5 Å². The Morgan fingerprint density at radius 2 is 1.61 bits per heavy atom. The van der Waals surface area contributed by atoms with Crippen molar-refractivity contribution >= 4 is 5.91 Å². The van der Waals surface area contributed by atoms with Crippen LogP contribution in [0, 0.1) is 5.92 Å². The third-order valence-corrected chi connectivity index (χ3v) is 5.82. The fourth-order valence-corrected chi connectivity index (χ4v) is 4.28. The monoisotopic (exact) mass is 399 g/mol. The van der Waals surface area contributed by atoms with E-state index in [4.69, 9.17) is 0 Å². The molecule has 0 atom stereocenters. The van der Waals surface area contributed by atoms with Crippen molar-refractivity contribution < 1.29 is 6.22 Å². The lowest BCUT2D eigenvalue weighted by Crippen LogP contribution is -2.48. The molecule has 2 aliphatic heterocycles. The molecular weight excluding hydrogens is 350 g/mol. The summed E-state index contributed by atoms with van der Waals surface area (Å²) in [5, 5.41) is 6.53. The Morgan fingerprint density at radius 3 is 2.14 bits per heavy atom.